The van der Waals surface area contributed by atoms with E-state index in [0.29, 0.717) is 27.6 Å². The molecule has 1 aromatic heterocycles. The maximum Gasteiger partial charge on any atom is 0.335 e. The zero-order valence-electron chi connectivity index (χ0n) is 9.63. The van der Waals surface area contributed by atoms with Gasteiger partial charge in [0.2, 0.25) is 5.89 Å². The van der Waals surface area contributed by atoms with Crippen molar-refractivity contribution in [3.63, 3.8) is 0 Å². The summed E-state index contributed by atoms with van der Waals surface area (Å²) in [5, 5.41) is 9.47. The van der Waals surface area contributed by atoms with Gasteiger partial charge in [0.15, 0.2) is 5.58 Å². The third kappa shape index (κ3) is 2.06. The van der Waals surface area contributed by atoms with E-state index in [0.717, 1.165) is 0 Å². The lowest BCUT2D eigenvalue weighted by Gasteiger charge is -1.96. The number of oxazole rings is 1. The van der Waals surface area contributed by atoms with Crippen LogP contribution >= 0.6 is 11.6 Å². The Morgan fingerprint density at radius 2 is 2.00 bits per heavy atom. The fraction of sp³-hybridized carbons (Fsp3) is 0. The summed E-state index contributed by atoms with van der Waals surface area (Å²) < 4.78 is 5.58. The molecule has 0 unspecified atom stereocenters. The normalized spacial score (nSPS) is 10.8. The lowest BCUT2D eigenvalue weighted by Crippen LogP contribution is -1.94. The first-order valence-electron chi connectivity index (χ1n) is 5.54. The first kappa shape index (κ1) is 11.7. The van der Waals surface area contributed by atoms with Gasteiger partial charge in [-0.05, 0) is 30.3 Å². The van der Waals surface area contributed by atoms with E-state index >= 15 is 0 Å². The Bertz CT molecular complexity index is 779. The van der Waals surface area contributed by atoms with Crippen molar-refractivity contribution in [2.45, 2.75) is 0 Å². The van der Waals surface area contributed by atoms with Crippen LogP contribution in [0.3, 0.4) is 0 Å². The molecule has 0 aliphatic carbocycles. The summed E-state index contributed by atoms with van der Waals surface area (Å²) in [4.78, 5) is 15.2. The number of fused-ring (bicyclic) bond motifs is 1. The van der Waals surface area contributed by atoms with Crippen molar-refractivity contribution in [1.29, 1.82) is 0 Å². The van der Waals surface area contributed by atoms with Crippen LogP contribution in [0.15, 0.2) is 46.9 Å². The number of rotatable bonds is 2. The summed E-state index contributed by atoms with van der Waals surface area (Å²) in [6, 6.07) is 11.7. The minimum absolute atomic E-state index is 0.173. The van der Waals surface area contributed by atoms with Crippen LogP contribution in [0.1, 0.15) is 10.4 Å². The molecule has 94 valence electrons. The van der Waals surface area contributed by atoms with E-state index in [2.05, 4.69) is 4.98 Å². The highest BCUT2D eigenvalue weighted by molar-refractivity contribution is 6.33. The molecule has 1 heterocycles. The van der Waals surface area contributed by atoms with Gasteiger partial charge in [0, 0.05) is 0 Å². The lowest BCUT2D eigenvalue weighted by molar-refractivity contribution is 0.0697. The Morgan fingerprint density at radius 3 is 2.74 bits per heavy atom. The predicted octanol–water partition coefficient (Wildman–Crippen LogP) is 3.85. The molecule has 0 saturated carbocycles. The number of carboxylic acids is 1. The van der Waals surface area contributed by atoms with Gasteiger partial charge in [0.1, 0.15) is 5.52 Å². The summed E-state index contributed by atoms with van der Waals surface area (Å²) in [5.74, 6) is -0.618. The molecule has 1 N–H and O–H groups in total. The molecule has 3 rings (SSSR count). The standard InChI is InChI=1S/C14H8ClNO3/c15-10-4-2-1-3-9(10)13-16-11-7-8(14(17)18)5-6-12(11)19-13/h1-7H,(H,17,18). The number of hydrogen-bond acceptors (Lipinski definition) is 3. The van der Waals surface area contributed by atoms with Crippen LogP contribution in [-0.4, -0.2) is 16.1 Å². The van der Waals surface area contributed by atoms with Crippen LogP contribution in [0.25, 0.3) is 22.6 Å². The molecule has 3 aromatic rings. The quantitative estimate of drug-likeness (QED) is 0.770. The number of carbonyl (C=O) groups is 1. The zero-order chi connectivity index (χ0) is 13.4. The van der Waals surface area contributed by atoms with Gasteiger partial charge in [-0.2, -0.15) is 0 Å². The molecule has 0 amide bonds. The van der Waals surface area contributed by atoms with Crippen LogP contribution in [0.5, 0.6) is 0 Å². The van der Waals surface area contributed by atoms with Gasteiger partial charge in [-0.25, -0.2) is 9.78 Å². The summed E-state index contributed by atoms with van der Waals surface area (Å²) in [7, 11) is 0. The second-order valence-electron chi connectivity index (χ2n) is 3.99. The molecule has 0 radical (unpaired) electrons. The Kier molecular flexibility index (Phi) is 2.72. The smallest absolute Gasteiger partial charge is 0.335 e. The number of halogens is 1. The lowest BCUT2D eigenvalue weighted by atomic mass is 10.2. The zero-order valence-corrected chi connectivity index (χ0v) is 10.4. The molecule has 0 bridgehead atoms. The second kappa shape index (κ2) is 4.40. The highest BCUT2D eigenvalue weighted by Crippen LogP contribution is 2.29. The Hall–Kier alpha value is -2.33. The van der Waals surface area contributed by atoms with Crippen LogP contribution in [0.2, 0.25) is 5.02 Å². The van der Waals surface area contributed by atoms with Crippen molar-refractivity contribution in [2.24, 2.45) is 0 Å². The van der Waals surface area contributed by atoms with Gasteiger partial charge < -0.3 is 9.52 Å². The van der Waals surface area contributed by atoms with Crippen molar-refractivity contribution in [3.8, 4) is 11.5 Å². The van der Waals surface area contributed by atoms with E-state index in [4.69, 9.17) is 21.1 Å². The molecular weight excluding hydrogens is 266 g/mol. The third-order valence-corrected chi connectivity index (χ3v) is 3.07. The number of aromatic carboxylic acids is 1. The fourth-order valence-electron chi connectivity index (χ4n) is 1.81. The second-order valence-corrected chi connectivity index (χ2v) is 4.39. The van der Waals surface area contributed by atoms with Crippen molar-refractivity contribution < 1.29 is 14.3 Å². The molecule has 0 aliphatic heterocycles. The average Bonchev–Trinajstić information content (AvgIpc) is 2.81. The Balaban J connectivity index is 2.17. The molecule has 2 aromatic carbocycles. The summed E-state index contributed by atoms with van der Waals surface area (Å²) in [5.41, 5.74) is 1.87. The topological polar surface area (TPSA) is 63.3 Å². The van der Waals surface area contributed by atoms with Gasteiger partial charge >= 0.3 is 5.97 Å². The van der Waals surface area contributed by atoms with E-state index in [1.54, 1.807) is 18.2 Å². The predicted molar refractivity (Wildman–Crippen MR) is 71.4 cm³/mol. The summed E-state index contributed by atoms with van der Waals surface area (Å²) in [6.45, 7) is 0. The maximum atomic E-state index is 10.9. The van der Waals surface area contributed by atoms with Gasteiger partial charge in [-0.3, -0.25) is 0 Å². The first-order chi connectivity index (χ1) is 9.15. The first-order valence-corrected chi connectivity index (χ1v) is 5.92. The minimum atomic E-state index is -0.996. The fourth-order valence-corrected chi connectivity index (χ4v) is 2.03. The average molecular weight is 274 g/mol. The van der Waals surface area contributed by atoms with Gasteiger partial charge in [-0.1, -0.05) is 23.7 Å². The molecule has 5 heteroatoms. The highest BCUT2D eigenvalue weighted by Gasteiger charge is 2.12. The Labute approximate surface area is 113 Å². The molecular formula is C14H8ClNO3. The molecule has 0 fully saturated rings. The van der Waals surface area contributed by atoms with Crippen molar-refractivity contribution in [3.05, 3.63) is 53.1 Å². The monoisotopic (exact) mass is 273 g/mol. The number of aromatic nitrogens is 1. The van der Waals surface area contributed by atoms with E-state index in [1.807, 2.05) is 12.1 Å². The molecule has 0 aliphatic rings. The number of benzene rings is 2. The van der Waals surface area contributed by atoms with E-state index in [1.165, 1.54) is 12.1 Å². The van der Waals surface area contributed by atoms with Crippen molar-refractivity contribution in [2.75, 3.05) is 0 Å². The molecule has 0 saturated heterocycles. The molecule has 19 heavy (non-hydrogen) atoms. The maximum absolute atomic E-state index is 10.9. The van der Waals surface area contributed by atoms with Crippen molar-refractivity contribution in [1.82, 2.24) is 4.98 Å². The highest BCUT2D eigenvalue weighted by atomic mass is 35.5. The van der Waals surface area contributed by atoms with Crippen LogP contribution in [0.4, 0.5) is 0 Å². The van der Waals surface area contributed by atoms with Gasteiger partial charge in [0.25, 0.3) is 0 Å². The molecule has 4 nitrogen and oxygen atoms in total. The van der Waals surface area contributed by atoms with E-state index < -0.39 is 5.97 Å². The largest absolute Gasteiger partial charge is 0.478 e. The summed E-state index contributed by atoms with van der Waals surface area (Å²) >= 11 is 6.07. The number of nitrogens with zero attached hydrogens (tertiary/aromatic N) is 1. The van der Waals surface area contributed by atoms with Gasteiger partial charge in [0.05, 0.1) is 16.1 Å². The minimum Gasteiger partial charge on any atom is -0.478 e. The van der Waals surface area contributed by atoms with Crippen molar-refractivity contribution >= 4 is 28.7 Å². The van der Waals surface area contributed by atoms with E-state index in [-0.39, 0.29) is 5.56 Å². The Morgan fingerprint density at radius 1 is 1.21 bits per heavy atom. The molecule has 0 spiro atoms. The molecule has 0 atom stereocenters. The van der Waals surface area contributed by atoms with Crippen LogP contribution < -0.4 is 0 Å². The van der Waals surface area contributed by atoms with E-state index in [9.17, 15) is 4.79 Å². The number of carboxylic acid groups (broad SMARTS) is 1. The SMILES string of the molecule is O=C(O)c1ccc2oc(-c3ccccc3Cl)nc2c1. The number of hydrogen-bond donors (Lipinski definition) is 1. The van der Waals surface area contributed by atoms with Crippen LogP contribution in [0, 0.1) is 0 Å². The van der Waals surface area contributed by atoms with Gasteiger partial charge in [-0.15, -0.1) is 0 Å². The third-order valence-electron chi connectivity index (χ3n) is 2.74. The summed E-state index contributed by atoms with van der Waals surface area (Å²) in [6.07, 6.45) is 0. The van der Waals surface area contributed by atoms with Crippen LogP contribution in [-0.2, 0) is 0 Å².